The molecule has 2 heterocycles. The minimum atomic E-state index is -4.63. The van der Waals surface area contributed by atoms with E-state index < -0.39 is 20.0 Å². The fraction of sp³-hybridized carbons (Fsp3) is 0. The van der Waals surface area contributed by atoms with E-state index in [0.29, 0.717) is 23.9 Å². The van der Waals surface area contributed by atoms with Gasteiger partial charge in [-0.1, -0.05) is 68.3 Å². The first-order chi connectivity index (χ1) is 17.2. The predicted octanol–water partition coefficient (Wildman–Crippen LogP) is 6.11. The molecule has 36 heavy (non-hydrogen) atoms. The molecule has 0 radical (unpaired) electrons. The summed E-state index contributed by atoms with van der Waals surface area (Å²) in [5.74, 6) is -0.109. The van der Waals surface area contributed by atoms with Crippen molar-refractivity contribution in [3.8, 4) is 11.3 Å². The van der Waals surface area contributed by atoms with Crippen molar-refractivity contribution in [3.63, 3.8) is 0 Å². The van der Waals surface area contributed by atoms with Crippen LogP contribution >= 0.6 is 31.9 Å². The highest BCUT2D eigenvalue weighted by molar-refractivity contribution is 9.10. The summed E-state index contributed by atoms with van der Waals surface area (Å²) in [5.41, 5.74) is 1.18. The Bertz CT molecular complexity index is 1700. The first-order valence-electron chi connectivity index (χ1n) is 10.5. The van der Waals surface area contributed by atoms with Crippen molar-refractivity contribution < 1.29 is 16.8 Å². The maximum Gasteiger partial charge on any atom is 0.279 e. The number of aromatic nitrogens is 2. The van der Waals surface area contributed by atoms with Crippen LogP contribution < -0.4 is 3.71 Å². The molecule has 11 heteroatoms. The molecule has 0 saturated carbocycles. The Morgan fingerprint density at radius 2 is 1.14 bits per heavy atom. The lowest BCUT2D eigenvalue weighted by molar-refractivity contribution is 0.583. The van der Waals surface area contributed by atoms with E-state index in [9.17, 15) is 16.8 Å². The molecular formula is C25H17Br2N3O4S2. The Labute approximate surface area is 225 Å². The van der Waals surface area contributed by atoms with Crippen LogP contribution in [-0.4, -0.2) is 26.2 Å². The van der Waals surface area contributed by atoms with Gasteiger partial charge in [0.1, 0.15) is 11.3 Å². The Hall–Kier alpha value is -2.99. The molecule has 0 spiro atoms. The van der Waals surface area contributed by atoms with Gasteiger partial charge in [-0.05, 0) is 60.7 Å². The van der Waals surface area contributed by atoms with Crippen LogP contribution in [0.15, 0.2) is 122 Å². The van der Waals surface area contributed by atoms with E-state index in [2.05, 4.69) is 36.8 Å². The zero-order chi connectivity index (χ0) is 25.5. The van der Waals surface area contributed by atoms with Crippen molar-refractivity contribution in [3.05, 3.63) is 112 Å². The van der Waals surface area contributed by atoms with E-state index in [4.69, 9.17) is 0 Å². The molecule has 5 rings (SSSR count). The van der Waals surface area contributed by atoms with Crippen LogP contribution in [0.2, 0.25) is 0 Å². The van der Waals surface area contributed by atoms with Gasteiger partial charge in [0, 0.05) is 20.7 Å². The minimum absolute atomic E-state index is 0.109. The largest absolute Gasteiger partial charge is 0.284 e. The molecule has 182 valence electrons. The second kappa shape index (κ2) is 9.47. The summed E-state index contributed by atoms with van der Waals surface area (Å²) in [6.45, 7) is 0. The average molecular weight is 647 g/mol. The number of halogens is 2. The summed E-state index contributed by atoms with van der Waals surface area (Å²) >= 11 is 6.60. The topological polar surface area (TPSA) is 88.8 Å². The lowest BCUT2D eigenvalue weighted by Crippen LogP contribution is -2.38. The third kappa shape index (κ3) is 4.36. The van der Waals surface area contributed by atoms with E-state index in [1.54, 1.807) is 72.9 Å². The summed E-state index contributed by atoms with van der Waals surface area (Å²) < 4.78 is 59.8. The second-order valence-corrected chi connectivity index (χ2v) is 13.3. The summed E-state index contributed by atoms with van der Waals surface area (Å²) in [4.78, 5) is 4.26. The van der Waals surface area contributed by atoms with Crippen LogP contribution in [0.25, 0.3) is 16.9 Å². The van der Waals surface area contributed by atoms with Crippen LogP contribution in [0.1, 0.15) is 0 Å². The lowest BCUT2D eigenvalue weighted by Gasteiger charge is -2.24. The van der Waals surface area contributed by atoms with E-state index in [-0.39, 0.29) is 21.3 Å². The summed E-state index contributed by atoms with van der Waals surface area (Å²) in [6.07, 6.45) is 1.59. The third-order valence-corrected chi connectivity index (χ3v) is 10.6. The molecule has 0 saturated heterocycles. The van der Waals surface area contributed by atoms with Gasteiger partial charge in [-0.25, -0.2) is 4.98 Å². The fourth-order valence-corrected chi connectivity index (χ4v) is 7.93. The molecule has 0 atom stereocenters. The van der Waals surface area contributed by atoms with Gasteiger partial charge in [-0.3, -0.25) is 4.40 Å². The molecular weight excluding hydrogens is 630 g/mol. The standard InChI is InChI=1S/C25H17Br2N3O4S2/c26-19-9-13-21(14-10-19)35(31,32)30(36(33,34)22-15-11-20(27)12-16-22)25-24(18-6-2-1-3-7-18)28-23-8-4-5-17-29(23)25/h1-17H. The van der Waals surface area contributed by atoms with Crippen molar-refractivity contribution in [2.75, 3.05) is 3.71 Å². The maximum atomic E-state index is 14.1. The van der Waals surface area contributed by atoms with Crippen LogP contribution in [-0.2, 0) is 20.0 Å². The van der Waals surface area contributed by atoms with Gasteiger partial charge in [0.15, 0.2) is 5.82 Å². The Morgan fingerprint density at radius 1 is 0.639 bits per heavy atom. The number of benzene rings is 3. The maximum absolute atomic E-state index is 14.1. The molecule has 5 aromatic rings. The van der Waals surface area contributed by atoms with E-state index in [0.717, 1.165) is 0 Å². The summed E-state index contributed by atoms with van der Waals surface area (Å²) in [5, 5.41) is 0. The van der Waals surface area contributed by atoms with E-state index >= 15 is 0 Å². The molecule has 0 aliphatic rings. The average Bonchev–Trinajstić information content (AvgIpc) is 3.24. The molecule has 0 aliphatic carbocycles. The monoisotopic (exact) mass is 645 g/mol. The highest BCUT2D eigenvalue weighted by Crippen LogP contribution is 2.38. The van der Waals surface area contributed by atoms with Gasteiger partial charge in [0.25, 0.3) is 20.0 Å². The van der Waals surface area contributed by atoms with Gasteiger partial charge in [0.05, 0.1) is 9.79 Å². The van der Waals surface area contributed by atoms with Crippen LogP contribution in [0, 0.1) is 0 Å². The first-order valence-corrected chi connectivity index (χ1v) is 15.0. The van der Waals surface area contributed by atoms with Crippen molar-refractivity contribution in [1.29, 1.82) is 0 Å². The SMILES string of the molecule is O=S(=O)(c1ccc(Br)cc1)N(c1c(-c2ccccc2)nc2ccccn12)S(=O)(=O)c1ccc(Br)cc1. The molecule has 7 nitrogen and oxygen atoms in total. The predicted molar refractivity (Wildman–Crippen MR) is 146 cm³/mol. The Kier molecular flexibility index (Phi) is 6.50. The van der Waals surface area contributed by atoms with Gasteiger partial charge in [-0.2, -0.15) is 16.8 Å². The Balaban J connectivity index is 1.88. The summed E-state index contributed by atoms with van der Waals surface area (Å²) in [6, 6.07) is 25.6. The van der Waals surface area contributed by atoms with Crippen molar-refractivity contribution >= 4 is 63.4 Å². The molecule has 0 aliphatic heterocycles. The van der Waals surface area contributed by atoms with Crippen LogP contribution in [0.5, 0.6) is 0 Å². The number of imidazole rings is 1. The zero-order valence-corrected chi connectivity index (χ0v) is 23.2. The second-order valence-electron chi connectivity index (χ2n) is 7.69. The first kappa shape index (κ1) is 24.7. The van der Waals surface area contributed by atoms with Crippen molar-refractivity contribution in [2.45, 2.75) is 9.79 Å². The number of hydrogen-bond donors (Lipinski definition) is 0. The molecule has 0 fully saturated rings. The van der Waals surface area contributed by atoms with Gasteiger partial charge < -0.3 is 0 Å². The van der Waals surface area contributed by atoms with Crippen molar-refractivity contribution in [1.82, 2.24) is 9.38 Å². The Morgan fingerprint density at radius 3 is 1.67 bits per heavy atom. The fourth-order valence-electron chi connectivity index (χ4n) is 3.71. The number of nitrogens with zero attached hydrogens (tertiary/aromatic N) is 3. The van der Waals surface area contributed by atoms with Crippen molar-refractivity contribution in [2.24, 2.45) is 0 Å². The molecule has 0 unspecified atom stereocenters. The molecule has 3 aromatic carbocycles. The highest BCUT2D eigenvalue weighted by Gasteiger charge is 2.41. The molecule has 0 bridgehead atoms. The highest BCUT2D eigenvalue weighted by atomic mass is 79.9. The molecule has 2 aromatic heterocycles. The van der Waals surface area contributed by atoms with Gasteiger partial charge in [0.2, 0.25) is 0 Å². The van der Waals surface area contributed by atoms with Crippen LogP contribution in [0.4, 0.5) is 5.82 Å². The number of pyridine rings is 1. The number of sulfonamides is 2. The van der Waals surface area contributed by atoms with Gasteiger partial charge in [-0.15, -0.1) is 3.71 Å². The number of fused-ring (bicyclic) bond motifs is 1. The summed E-state index contributed by atoms with van der Waals surface area (Å²) in [7, 11) is -9.25. The van der Waals surface area contributed by atoms with Gasteiger partial charge >= 0.3 is 0 Å². The molecule has 0 N–H and O–H groups in total. The van der Waals surface area contributed by atoms with E-state index in [1.165, 1.54) is 28.7 Å². The number of anilines is 1. The smallest absolute Gasteiger partial charge is 0.279 e. The quantitative estimate of drug-likeness (QED) is 0.222. The normalized spacial score (nSPS) is 12.1. The number of hydrogen-bond acceptors (Lipinski definition) is 5. The van der Waals surface area contributed by atoms with Crippen LogP contribution in [0.3, 0.4) is 0 Å². The molecule has 0 amide bonds. The van der Waals surface area contributed by atoms with E-state index in [1.807, 2.05) is 6.07 Å². The zero-order valence-electron chi connectivity index (χ0n) is 18.4. The number of rotatable bonds is 6. The minimum Gasteiger partial charge on any atom is -0.284 e. The lowest BCUT2D eigenvalue weighted by atomic mass is 10.1. The third-order valence-electron chi connectivity index (χ3n) is 5.38.